The zero-order valence-corrected chi connectivity index (χ0v) is 11.0. The van der Waals surface area contributed by atoms with Crippen LogP contribution in [0.5, 0.6) is 5.75 Å². The largest absolute Gasteiger partial charge is 0.573 e. The standard InChI is InChI=1S/C12H9ClF3NO3/c1-2-19-11(18)9-8(6-17)4-3-7(5-13)10(9)20-12(14,15)16/h3-4H,2,5H2,1H3. The highest BCUT2D eigenvalue weighted by Crippen LogP contribution is 2.33. The van der Waals surface area contributed by atoms with Gasteiger partial charge in [-0.3, -0.25) is 0 Å². The van der Waals surface area contributed by atoms with Crippen molar-refractivity contribution in [1.82, 2.24) is 0 Å². The monoisotopic (exact) mass is 307 g/mol. The van der Waals surface area contributed by atoms with Crippen LogP contribution in [0.15, 0.2) is 12.1 Å². The Morgan fingerprint density at radius 3 is 2.55 bits per heavy atom. The normalized spacial score (nSPS) is 10.8. The smallest absolute Gasteiger partial charge is 0.462 e. The van der Waals surface area contributed by atoms with Crippen LogP contribution in [0, 0.1) is 11.3 Å². The van der Waals surface area contributed by atoms with Gasteiger partial charge in [0, 0.05) is 5.56 Å². The highest BCUT2D eigenvalue weighted by atomic mass is 35.5. The molecule has 0 amide bonds. The number of carbonyl (C=O) groups is 1. The highest BCUT2D eigenvalue weighted by Gasteiger charge is 2.35. The van der Waals surface area contributed by atoms with Crippen LogP contribution in [-0.4, -0.2) is 18.9 Å². The Hall–Kier alpha value is -1.94. The number of ether oxygens (including phenoxy) is 2. The first-order valence-corrected chi connectivity index (χ1v) is 5.92. The van der Waals surface area contributed by atoms with Crippen molar-refractivity contribution < 1.29 is 27.4 Å². The highest BCUT2D eigenvalue weighted by molar-refractivity contribution is 6.17. The van der Waals surface area contributed by atoms with Crippen molar-refractivity contribution in [3.05, 3.63) is 28.8 Å². The van der Waals surface area contributed by atoms with Crippen LogP contribution >= 0.6 is 11.6 Å². The van der Waals surface area contributed by atoms with E-state index in [4.69, 9.17) is 16.9 Å². The summed E-state index contributed by atoms with van der Waals surface area (Å²) in [5.74, 6) is -2.19. The Kier molecular flexibility index (Phi) is 5.22. The minimum absolute atomic E-state index is 0.0553. The summed E-state index contributed by atoms with van der Waals surface area (Å²) in [4.78, 5) is 11.7. The molecule has 0 aliphatic heterocycles. The molecule has 108 valence electrons. The predicted octanol–water partition coefficient (Wildman–Crippen LogP) is 3.37. The zero-order valence-electron chi connectivity index (χ0n) is 10.3. The third-order valence-corrected chi connectivity index (χ3v) is 2.49. The van der Waals surface area contributed by atoms with Crippen molar-refractivity contribution in [1.29, 1.82) is 5.26 Å². The summed E-state index contributed by atoms with van der Waals surface area (Å²) < 4.78 is 45.7. The summed E-state index contributed by atoms with van der Waals surface area (Å²) in [6.45, 7) is 1.43. The molecule has 0 saturated carbocycles. The van der Waals surface area contributed by atoms with Crippen molar-refractivity contribution in [3.63, 3.8) is 0 Å². The van der Waals surface area contributed by atoms with Gasteiger partial charge < -0.3 is 9.47 Å². The van der Waals surface area contributed by atoms with E-state index in [9.17, 15) is 18.0 Å². The quantitative estimate of drug-likeness (QED) is 0.632. The molecule has 0 bridgehead atoms. The lowest BCUT2D eigenvalue weighted by Gasteiger charge is -2.16. The molecule has 1 aromatic rings. The van der Waals surface area contributed by atoms with E-state index in [2.05, 4.69) is 9.47 Å². The first kappa shape index (κ1) is 16.1. The lowest BCUT2D eigenvalue weighted by Crippen LogP contribution is -2.21. The van der Waals surface area contributed by atoms with Gasteiger partial charge in [-0.15, -0.1) is 24.8 Å². The second-order valence-corrected chi connectivity index (χ2v) is 3.76. The number of alkyl halides is 4. The van der Waals surface area contributed by atoms with Gasteiger partial charge in [0.25, 0.3) is 0 Å². The zero-order chi connectivity index (χ0) is 15.3. The molecule has 0 radical (unpaired) electrons. The van der Waals surface area contributed by atoms with E-state index < -0.39 is 23.6 Å². The second kappa shape index (κ2) is 6.48. The third kappa shape index (κ3) is 3.78. The lowest BCUT2D eigenvalue weighted by molar-refractivity contribution is -0.275. The molecule has 0 unspecified atom stereocenters. The van der Waals surface area contributed by atoms with Gasteiger partial charge >= 0.3 is 12.3 Å². The summed E-state index contributed by atoms with van der Waals surface area (Å²) >= 11 is 5.53. The van der Waals surface area contributed by atoms with Crippen molar-refractivity contribution in [2.45, 2.75) is 19.2 Å². The van der Waals surface area contributed by atoms with Gasteiger partial charge in [-0.05, 0) is 13.0 Å². The Morgan fingerprint density at radius 2 is 2.10 bits per heavy atom. The van der Waals surface area contributed by atoms with E-state index in [1.54, 1.807) is 6.07 Å². The summed E-state index contributed by atoms with van der Waals surface area (Å²) in [6, 6.07) is 4.00. The molecule has 0 N–H and O–H groups in total. The van der Waals surface area contributed by atoms with E-state index in [0.29, 0.717) is 0 Å². The first-order valence-electron chi connectivity index (χ1n) is 5.38. The molecular weight excluding hydrogens is 299 g/mol. The maximum absolute atomic E-state index is 12.4. The fourth-order valence-corrected chi connectivity index (χ4v) is 1.67. The molecule has 0 aliphatic carbocycles. The molecule has 0 fully saturated rings. The van der Waals surface area contributed by atoms with E-state index in [-0.39, 0.29) is 23.6 Å². The maximum Gasteiger partial charge on any atom is 0.573 e. The Morgan fingerprint density at radius 1 is 1.45 bits per heavy atom. The molecule has 4 nitrogen and oxygen atoms in total. The number of hydrogen-bond acceptors (Lipinski definition) is 4. The maximum atomic E-state index is 12.4. The topological polar surface area (TPSA) is 59.3 Å². The Bertz CT molecular complexity index is 552. The molecule has 1 rings (SSSR count). The average molecular weight is 308 g/mol. The molecule has 0 spiro atoms. The summed E-state index contributed by atoms with van der Waals surface area (Å²) in [6.07, 6.45) is -5.02. The van der Waals surface area contributed by atoms with Crippen molar-refractivity contribution in [3.8, 4) is 11.8 Å². The summed E-state index contributed by atoms with van der Waals surface area (Å²) in [7, 11) is 0. The van der Waals surface area contributed by atoms with Crippen LogP contribution in [0.3, 0.4) is 0 Å². The fraction of sp³-hybridized carbons (Fsp3) is 0.333. The minimum Gasteiger partial charge on any atom is -0.462 e. The molecule has 20 heavy (non-hydrogen) atoms. The lowest BCUT2D eigenvalue weighted by atomic mass is 10.0. The number of rotatable bonds is 4. The van der Waals surface area contributed by atoms with Gasteiger partial charge in [0.2, 0.25) is 0 Å². The van der Waals surface area contributed by atoms with Crippen LogP contribution in [0.4, 0.5) is 13.2 Å². The van der Waals surface area contributed by atoms with Gasteiger partial charge in [0.05, 0.1) is 18.1 Å². The predicted molar refractivity (Wildman–Crippen MR) is 63.4 cm³/mol. The number of nitrogens with zero attached hydrogens (tertiary/aromatic N) is 1. The van der Waals surface area contributed by atoms with Crippen LogP contribution in [0.2, 0.25) is 0 Å². The third-order valence-electron chi connectivity index (χ3n) is 2.20. The van der Waals surface area contributed by atoms with E-state index in [1.165, 1.54) is 19.1 Å². The molecule has 0 heterocycles. The van der Waals surface area contributed by atoms with Crippen molar-refractivity contribution in [2.75, 3.05) is 6.61 Å². The molecule has 0 saturated heterocycles. The average Bonchev–Trinajstić information content (AvgIpc) is 2.36. The van der Waals surface area contributed by atoms with Crippen LogP contribution in [0.1, 0.15) is 28.4 Å². The Labute approximate surface area is 117 Å². The summed E-state index contributed by atoms with van der Waals surface area (Å²) in [5, 5.41) is 8.89. The van der Waals surface area contributed by atoms with Crippen LogP contribution in [0.25, 0.3) is 0 Å². The van der Waals surface area contributed by atoms with Gasteiger partial charge in [-0.2, -0.15) is 5.26 Å². The molecule has 0 aromatic heterocycles. The fourth-order valence-electron chi connectivity index (χ4n) is 1.46. The molecule has 0 atom stereocenters. The molecule has 0 aliphatic rings. The number of hydrogen-bond donors (Lipinski definition) is 0. The van der Waals surface area contributed by atoms with Gasteiger partial charge in [0.15, 0.2) is 0 Å². The number of nitriles is 1. The molecular formula is C12H9ClF3NO3. The molecule has 1 aromatic carbocycles. The van der Waals surface area contributed by atoms with E-state index >= 15 is 0 Å². The van der Waals surface area contributed by atoms with Crippen molar-refractivity contribution in [2.24, 2.45) is 0 Å². The van der Waals surface area contributed by atoms with E-state index in [1.807, 2.05) is 0 Å². The minimum atomic E-state index is -5.02. The SMILES string of the molecule is CCOC(=O)c1c(C#N)ccc(CCl)c1OC(F)(F)F. The van der Waals surface area contributed by atoms with Gasteiger partial charge in [-0.1, -0.05) is 6.07 Å². The first-order chi connectivity index (χ1) is 9.34. The summed E-state index contributed by atoms with van der Waals surface area (Å²) in [5.41, 5.74) is -0.924. The molecule has 8 heteroatoms. The Balaban J connectivity index is 3.49. The number of benzene rings is 1. The number of halogens is 4. The van der Waals surface area contributed by atoms with Crippen LogP contribution < -0.4 is 4.74 Å². The number of carbonyl (C=O) groups excluding carboxylic acids is 1. The van der Waals surface area contributed by atoms with Crippen molar-refractivity contribution >= 4 is 17.6 Å². The van der Waals surface area contributed by atoms with E-state index in [0.717, 1.165) is 0 Å². The van der Waals surface area contributed by atoms with Crippen LogP contribution in [-0.2, 0) is 10.6 Å². The van der Waals surface area contributed by atoms with Gasteiger partial charge in [0.1, 0.15) is 17.4 Å². The van der Waals surface area contributed by atoms with Gasteiger partial charge in [-0.25, -0.2) is 4.79 Å². The number of esters is 1. The second-order valence-electron chi connectivity index (χ2n) is 3.49.